The number of carbonyl (C=O) groups excluding carboxylic acids is 2. The molecule has 4 aliphatic carbocycles. The van der Waals surface area contributed by atoms with Gasteiger partial charge >= 0.3 is 0 Å². The van der Waals surface area contributed by atoms with Gasteiger partial charge in [0.05, 0.1) is 17.3 Å². The zero-order valence-electron chi connectivity index (χ0n) is 21.7. The van der Waals surface area contributed by atoms with Crippen molar-refractivity contribution in [3.63, 3.8) is 0 Å². The van der Waals surface area contributed by atoms with Gasteiger partial charge in [-0.15, -0.1) is 0 Å². The summed E-state index contributed by atoms with van der Waals surface area (Å²) in [4.78, 5) is 38.2. The van der Waals surface area contributed by atoms with E-state index in [1.54, 1.807) is 30.6 Å². The number of amides is 2. The van der Waals surface area contributed by atoms with Gasteiger partial charge < -0.3 is 15.6 Å². The van der Waals surface area contributed by atoms with E-state index in [4.69, 9.17) is 0 Å². The molecular formula is C32H31N5O2. The van der Waals surface area contributed by atoms with Gasteiger partial charge in [0.1, 0.15) is 11.6 Å². The van der Waals surface area contributed by atoms with Crippen LogP contribution in [0.3, 0.4) is 0 Å². The van der Waals surface area contributed by atoms with E-state index in [2.05, 4.69) is 25.6 Å². The minimum atomic E-state index is -0.221. The lowest BCUT2D eigenvalue weighted by atomic mass is 9.49. The number of hydrogen-bond acceptors (Lipinski definition) is 4. The molecule has 0 aliphatic heterocycles. The maximum atomic E-state index is 13.4. The van der Waals surface area contributed by atoms with E-state index in [1.165, 1.54) is 19.3 Å². The smallest absolute Gasteiger partial charge is 0.256 e. The monoisotopic (exact) mass is 517 g/mol. The number of imidazole rings is 1. The molecule has 4 aromatic rings. The molecule has 2 aromatic carbocycles. The molecule has 0 radical (unpaired) electrons. The van der Waals surface area contributed by atoms with E-state index in [1.807, 2.05) is 48.5 Å². The maximum Gasteiger partial charge on any atom is 0.256 e. The number of nitrogens with one attached hydrogen (secondary N) is 3. The van der Waals surface area contributed by atoms with Gasteiger partial charge in [-0.3, -0.25) is 9.59 Å². The standard InChI is InChI=1S/C32H31N5O2/c38-30(37-28-6-1-2-11-33-28)25-5-3-4-24(15-25)27-19-34-29(36-27)23-7-9-26(10-8-23)35-31(39)32-16-20-12-21(17-32)14-22(13-20)18-32/h1-11,15,19-22H,12-14,16-18H2,(H,34,36)(H,35,39)(H,33,37,38). The van der Waals surface area contributed by atoms with Gasteiger partial charge in [-0.05, 0) is 105 Å². The Morgan fingerprint density at radius 3 is 2.23 bits per heavy atom. The summed E-state index contributed by atoms with van der Waals surface area (Å²) in [6.45, 7) is 0. The Kier molecular flexibility index (Phi) is 5.80. The van der Waals surface area contributed by atoms with Gasteiger partial charge in [0.15, 0.2) is 0 Å². The summed E-state index contributed by atoms with van der Waals surface area (Å²) < 4.78 is 0. The molecule has 0 unspecified atom stereocenters. The molecule has 4 fully saturated rings. The largest absolute Gasteiger partial charge is 0.338 e. The molecule has 196 valence electrons. The van der Waals surface area contributed by atoms with Crippen molar-refractivity contribution in [2.24, 2.45) is 23.2 Å². The third kappa shape index (κ3) is 4.62. The zero-order chi connectivity index (χ0) is 26.4. The molecule has 3 N–H and O–H groups in total. The second-order valence-electron chi connectivity index (χ2n) is 11.6. The highest BCUT2D eigenvalue weighted by molar-refractivity contribution is 6.04. The van der Waals surface area contributed by atoms with Crippen LogP contribution in [0.25, 0.3) is 22.6 Å². The molecule has 7 heteroatoms. The molecule has 39 heavy (non-hydrogen) atoms. The molecule has 2 amide bonds. The fourth-order valence-corrected chi connectivity index (χ4v) is 7.43. The van der Waals surface area contributed by atoms with Gasteiger partial charge in [-0.25, -0.2) is 9.97 Å². The van der Waals surface area contributed by atoms with Crippen LogP contribution in [0.5, 0.6) is 0 Å². The first-order valence-electron chi connectivity index (χ1n) is 13.8. The van der Waals surface area contributed by atoms with E-state index in [0.29, 0.717) is 11.4 Å². The van der Waals surface area contributed by atoms with Crippen molar-refractivity contribution in [1.29, 1.82) is 0 Å². The van der Waals surface area contributed by atoms with Crippen LogP contribution in [0.1, 0.15) is 48.9 Å². The molecule has 8 rings (SSSR count). The lowest BCUT2D eigenvalue weighted by Gasteiger charge is -2.55. The van der Waals surface area contributed by atoms with Gasteiger partial charge in [-0.2, -0.15) is 0 Å². The van der Waals surface area contributed by atoms with Crippen LogP contribution >= 0.6 is 0 Å². The molecule has 0 saturated heterocycles. The van der Waals surface area contributed by atoms with Crippen molar-refractivity contribution >= 4 is 23.3 Å². The van der Waals surface area contributed by atoms with E-state index in [0.717, 1.165) is 65.3 Å². The minimum absolute atomic E-state index is 0.160. The summed E-state index contributed by atoms with van der Waals surface area (Å²) in [6.07, 6.45) is 10.6. The highest BCUT2D eigenvalue weighted by Gasteiger charge is 2.54. The molecule has 2 heterocycles. The zero-order valence-corrected chi connectivity index (χ0v) is 21.7. The number of hydrogen-bond donors (Lipinski definition) is 3. The van der Waals surface area contributed by atoms with Crippen LogP contribution < -0.4 is 10.6 Å². The highest BCUT2D eigenvalue weighted by Crippen LogP contribution is 2.60. The van der Waals surface area contributed by atoms with Crippen molar-refractivity contribution in [2.75, 3.05) is 10.6 Å². The normalized spacial score (nSPS) is 24.9. The van der Waals surface area contributed by atoms with Gasteiger partial charge in [-0.1, -0.05) is 18.2 Å². The summed E-state index contributed by atoms with van der Waals surface area (Å²) in [6, 6.07) is 20.7. The quantitative estimate of drug-likeness (QED) is 0.270. The number of nitrogens with zero attached hydrogens (tertiary/aromatic N) is 2. The van der Waals surface area contributed by atoms with Crippen molar-refractivity contribution in [1.82, 2.24) is 15.0 Å². The van der Waals surface area contributed by atoms with Crippen LogP contribution in [0.4, 0.5) is 11.5 Å². The second kappa shape index (κ2) is 9.49. The Morgan fingerprint density at radius 1 is 0.795 bits per heavy atom. The van der Waals surface area contributed by atoms with Gasteiger partial charge in [0, 0.05) is 28.6 Å². The second-order valence-corrected chi connectivity index (χ2v) is 11.6. The number of pyridine rings is 1. The number of H-pyrrole nitrogens is 1. The topological polar surface area (TPSA) is 99.8 Å². The Labute approximate surface area is 227 Å². The Balaban J connectivity index is 1.03. The third-order valence-electron chi connectivity index (χ3n) is 8.85. The van der Waals surface area contributed by atoms with Crippen LogP contribution in [-0.2, 0) is 4.79 Å². The van der Waals surface area contributed by atoms with Crippen LogP contribution in [0, 0.1) is 23.2 Å². The lowest BCUT2D eigenvalue weighted by molar-refractivity contribution is -0.140. The molecule has 4 bridgehead atoms. The van der Waals surface area contributed by atoms with E-state index in [-0.39, 0.29) is 17.2 Å². The average Bonchev–Trinajstić information content (AvgIpc) is 3.44. The predicted octanol–water partition coefficient (Wildman–Crippen LogP) is 6.55. The lowest BCUT2D eigenvalue weighted by Crippen LogP contribution is -2.51. The SMILES string of the molecule is O=C(Nc1ccccn1)c1cccc(-c2cnc(-c3ccc(NC(=O)C45CC6CC(CC(C6)C4)C5)cc3)[nH]2)c1. The number of benzene rings is 2. The first kappa shape index (κ1) is 23.8. The van der Waals surface area contributed by atoms with Crippen LogP contribution in [-0.4, -0.2) is 26.8 Å². The predicted molar refractivity (Wildman–Crippen MR) is 151 cm³/mol. The molecule has 7 nitrogen and oxygen atoms in total. The van der Waals surface area contributed by atoms with Crippen molar-refractivity contribution in [3.8, 4) is 22.6 Å². The van der Waals surface area contributed by atoms with Crippen LogP contribution in [0.2, 0.25) is 0 Å². The highest BCUT2D eigenvalue weighted by atomic mass is 16.2. The summed E-state index contributed by atoms with van der Waals surface area (Å²) >= 11 is 0. The van der Waals surface area contributed by atoms with Gasteiger partial charge in [0.25, 0.3) is 5.91 Å². The number of aromatic amines is 1. The van der Waals surface area contributed by atoms with E-state index in [9.17, 15) is 9.59 Å². The number of aromatic nitrogens is 3. The molecule has 4 saturated carbocycles. The Hall–Kier alpha value is -4.26. The summed E-state index contributed by atoms with van der Waals surface area (Å²) in [7, 11) is 0. The molecule has 0 atom stereocenters. The number of rotatable bonds is 6. The fraction of sp³-hybridized carbons (Fsp3) is 0.312. The first-order valence-corrected chi connectivity index (χ1v) is 13.8. The molecular weight excluding hydrogens is 486 g/mol. The average molecular weight is 518 g/mol. The van der Waals surface area contributed by atoms with E-state index < -0.39 is 0 Å². The van der Waals surface area contributed by atoms with Gasteiger partial charge in [0.2, 0.25) is 5.91 Å². The third-order valence-corrected chi connectivity index (χ3v) is 8.85. The van der Waals surface area contributed by atoms with Crippen molar-refractivity contribution in [2.45, 2.75) is 38.5 Å². The Bertz CT molecular complexity index is 1490. The molecule has 0 spiro atoms. The summed E-state index contributed by atoms with van der Waals surface area (Å²) in [5.41, 5.74) is 3.81. The molecule has 2 aromatic heterocycles. The molecule has 4 aliphatic rings. The van der Waals surface area contributed by atoms with Crippen LogP contribution in [0.15, 0.2) is 79.1 Å². The van der Waals surface area contributed by atoms with E-state index >= 15 is 0 Å². The van der Waals surface area contributed by atoms with Crippen molar-refractivity contribution < 1.29 is 9.59 Å². The minimum Gasteiger partial charge on any atom is -0.338 e. The van der Waals surface area contributed by atoms with Crippen molar-refractivity contribution in [3.05, 3.63) is 84.7 Å². The first-order chi connectivity index (χ1) is 19.0. The fourth-order valence-electron chi connectivity index (χ4n) is 7.43. The summed E-state index contributed by atoms with van der Waals surface area (Å²) in [5, 5.41) is 6.05. The Morgan fingerprint density at radius 2 is 1.54 bits per heavy atom. The number of anilines is 2. The maximum absolute atomic E-state index is 13.4. The summed E-state index contributed by atoms with van der Waals surface area (Å²) in [5.74, 6) is 3.46. The number of carbonyl (C=O) groups is 2.